The van der Waals surface area contributed by atoms with Gasteiger partial charge in [-0.05, 0) is 37.1 Å². The van der Waals surface area contributed by atoms with Gasteiger partial charge in [0.2, 0.25) is 0 Å². The van der Waals surface area contributed by atoms with E-state index in [1.807, 2.05) is 0 Å². The van der Waals surface area contributed by atoms with Crippen LogP contribution in [0.5, 0.6) is 0 Å². The van der Waals surface area contributed by atoms with Crippen LogP contribution in [0, 0.1) is 18.6 Å². The molecule has 2 atom stereocenters. The van der Waals surface area contributed by atoms with E-state index in [4.69, 9.17) is 9.47 Å². The Morgan fingerprint density at radius 3 is 2.15 bits per heavy atom. The third kappa shape index (κ3) is 6.68. The zero-order chi connectivity index (χ0) is 29.7. The van der Waals surface area contributed by atoms with E-state index < -0.39 is 58.4 Å². The first-order chi connectivity index (χ1) is 18.8. The highest BCUT2D eigenvalue weighted by molar-refractivity contribution is 5.97. The molecule has 0 spiro atoms. The summed E-state index contributed by atoms with van der Waals surface area (Å²) < 4.78 is 40.9. The maximum atomic E-state index is 14.2. The molecule has 0 saturated carbocycles. The summed E-state index contributed by atoms with van der Waals surface area (Å²) in [5, 5.41) is 2.33. The van der Waals surface area contributed by atoms with Crippen LogP contribution in [0.2, 0.25) is 0 Å². The van der Waals surface area contributed by atoms with Gasteiger partial charge in [0.15, 0.2) is 0 Å². The first kappa shape index (κ1) is 29.9. The van der Waals surface area contributed by atoms with Gasteiger partial charge >= 0.3 is 17.6 Å². The van der Waals surface area contributed by atoms with Crippen LogP contribution in [0.4, 0.5) is 8.78 Å². The zero-order valence-electron chi connectivity index (χ0n) is 22.6. The molecule has 212 valence electrons. The number of halogens is 2. The van der Waals surface area contributed by atoms with Crippen LogP contribution in [0.25, 0.3) is 11.1 Å². The second-order valence-electron chi connectivity index (χ2n) is 9.24. The first-order valence-electron chi connectivity index (χ1n) is 12.3. The molecule has 0 bridgehead atoms. The molecule has 2 aromatic carbocycles. The number of hydrogen-bond donors (Lipinski definition) is 1. The van der Waals surface area contributed by atoms with Gasteiger partial charge in [-0.1, -0.05) is 30.3 Å². The number of rotatable bonds is 9. The fourth-order valence-electron chi connectivity index (χ4n) is 4.01. The lowest BCUT2D eigenvalue weighted by molar-refractivity contribution is -0.158. The predicted octanol–water partition coefficient (Wildman–Crippen LogP) is 2.17. The second-order valence-corrected chi connectivity index (χ2v) is 9.24. The molecule has 3 rings (SSSR count). The Morgan fingerprint density at radius 1 is 0.975 bits per heavy atom. The van der Waals surface area contributed by atoms with Crippen molar-refractivity contribution < 1.29 is 32.6 Å². The molecule has 1 amide bonds. The van der Waals surface area contributed by atoms with Gasteiger partial charge in [-0.25, -0.2) is 18.4 Å². The number of carbonyl (C=O) groups excluding carboxylic acids is 3. The van der Waals surface area contributed by atoms with Crippen molar-refractivity contribution in [3.05, 3.63) is 91.8 Å². The summed E-state index contributed by atoms with van der Waals surface area (Å²) in [5.74, 6) is -4.87. The van der Waals surface area contributed by atoms with Crippen LogP contribution >= 0.6 is 0 Å². The number of carbonyl (C=O) groups is 3. The van der Waals surface area contributed by atoms with Gasteiger partial charge in [-0.3, -0.25) is 19.0 Å². The Balaban J connectivity index is 1.90. The van der Waals surface area contributed by atoms with Crippen LogP contribution in [0.1, 0.15) is 35.5 Å². The summed E-state index contributed by atoms with van der Waals surface area (Å²) >= 11 is 0. The smallest absolute Gasteiger partial charge is 0.330 e. The van der Waals surface area contributed by atoms with Crippen molar-refractivity contribution in [1.82, 2.24) is 14.5 Å². The van der Waals surface area contributed by atoms with Gasteiger partial charge in [0.25, 0.3) is 11.5 Å². The van der Waals surface area contributed by atoms with Gasteiger partial charge in [0, 0.05) is 33.1 Å². The summed E-state index contributed by atoms with van der Waals surface area (Å²) in [7, 11) is 2.93. The number of nitrogens with one attached hydrogen (secondary N) is 1. The van der Waals surface area contributed by atoms with E-state index in [2.05, 4.69) is 5.32 Å². The fraction of sp³-hybridized carbons (Fsp3) is 0.321. The number of nitrogens with zero attached hydrogens (tertiary/aromatic N) is 2. The molecule has 0 aliphatic heterocycles. The number of benzene rings is 2. The van der Waals surface area contributed by atoms with E-state index in [9.17, 15) is 32.8 Å². The molecule has 2 unspecified atom stereocenters. The van der Waals surface area contributed by atoms with Crippen LogP contribution < -0.4 is 16.6 Å². The summed E-state index contributed by atoms with van der Waals surface area (Å²) in [4.78, 5) is 61.8. The maximum Gasteiger partial charge on any atom is 0.330 e. The molecule has 0 saturated heterocycles. The Hall–Kier alpha value is -4.61. The van der Waals surface area contributed by atoms with Crippen LogP contribution in [0.3, 0.4) is 0 Å². The Morgan fingerprint density at radius 2 is 1.57 bits per heavy atom. The van der Waals surface area contributed by atoms with Crippen molar-refractivity contribution in [3.8, 4) is 11.1 Å². The third-order valence-corrected chi connectivity index (χ3v) is 6.26. The molecule has 12 heteroatoms. The highest BCUT2D eigenvalue weighted by Crippen LogP contribution is 2.20. The Kier molecular flexibility index (Phi) is 9.35. The molecule has 10 nitrogen and oxygen atoms in total. The molecular formula is C28H29F2N3O7. The molecular weight excluding hydrogens is 528 g/mol. The fourth-order valence-corrected chi connectivity index (χ4v) is 4.01. The van der Waals surface area contributed by atoms with E-state index in [1.54, 1.807) is 38.2 Å². The normalized spacial score (nSPS) is 12.4. The number of amides is 1. The van der Waals surface area contributed by atoms with Crippen molar-refractivity contribution in [3.63, 3.8) is 0 Å². The molecule has 0 radical (unpaired) electrons. The molecule has 0 aliphatic rings. The second kappa shape index (κ2) is 12.5. The third-order valence-electron chi connectivity index (χ3n) is 6.26. The van der Waals surface area contributed by atoms with Crippen LogP contribution in [-0.2, 0) is 39.6 Å². The Bertz CT molecular complexity index is 1540. The SMILES string of the molecule is CC(=O)OCC(C)OC(=O)C(Cc1ccc(-c2c(C)n(C)c(=O)n(C)c2=O)cc1)NC(=O)c1c(F)cccc1F. The van der Waals surface area contributed by atoms with Crippen molar-refractivity contribution >= 4 is 17.8 Å². The quantitative estimate of drug-likeness (QED) is 0.400. The van der Waals surface area contributed by atoms with E-state index in [-0.39, 0.29) is 13.0 Å². The van der Waals surface area contributed by atoms with Crippen molar-refractivity contribution in [1.29, 1.82) is 0 Å². The zero-order valence-corrected chi connectivity index (χ0v) is 22.6. The molecule has 0 aliphatic carbocycles. The highest BCUT2D eigenvalue weighted by Gasteiger charge is 2.28. The monoisotopic (exact) mass is 557 g/mol. The van der Waals surface area contributed by atoms with Crippen molar-refractivity contribution in [2.24, 2.45) is 14.1 Å². The molecule has 1 aromatic heterocycles. The average molecular weight is 558 g/mol. The summed E-state index contributed by atoms with van der Waals surface area (Å²) in [6.45, 7) is 4.08. The number of esters is 2. The van der Waals surface area contributed by atoms with Gasteiger partial charge < -0.3 is 19.4 Å². The molecule has 0 fully saturated rings. The molecule has 1 N–H and O–H groups in total. The van der Waals surface area contributed by atoms with Gasteiger partial charge in [0.05, 0.1) is 5.56 Å². The molecule has 3 aromatic rings. The minimum atomic E-state index is -1.37. The lowest BCUT2D eigenvalue weighted by Gasteiger charge is -2.21. The van der Waals surface area contributed by atoms with E-state index in [0.29, 0.717) is 22.4 Å². The Labute approximate surface area is 228 Å². The number of ether oxygens (including phenoxy) is 2. The minimum Gasteiger partial charge on any atom is -0.462 e. The summed E-state index contributed by atoms with van der Waals surface area (Å²) in [6.07, 6.45) is -1.00. The number of hydrogen-bond acceptors (Lipinski definition) is 7. The van der Waals surface area contributed by atoms with E-state index in [0.717, 1.165) is 22.8 Å². The largest absolute Gasteiger partial charge is 0.462 e. The number of aromatic nitrogens is 2. The van der Waals surface area contributed by atoms with Gasteiger partial charge in [-0.15, -0.1) is 0 Å². The van der Waals surface area contributed by atoms with Gasteiger partial charge in [0.1, 0.15) is 36.0 Å². The van der Waals surface area contributed by atoms with E-state index >= 15 is 0 Å². The standard InChI is InChI=1S/C28H29F2N3O7/c1-15(14-39-17(3)34)40-27(37)22(31-25(35)24-20(29)7-6-8-21(24)30)13-18-9-11-19(12-10-18)23-16(2)32(4)28(38)33(5)26(23)36/h6-12,15,22H,13-14H2,1-5H3,(H,31,35). The lowest BCUT2D eigenvalue weighted by Crippen LogP contribution is -2.45. The van der Waals surface area contributed by atoms with Crippen LogP contribution in [0.15, 0.2) is 52.1 Å². The summed E-state index contributed by atoms with van der Waals surface area (Å²) in [6, 6.07) is 8.01. The average Bonchev–Trinajstić information content (AvgIpc) is 2.90. The topological polar surface area (TPSA) is 126 Å². The molecule has 1 heterocycles. The summed E-state index contributed by atoms with van der Waals surface area (Å²) in [5.41, 5.74) is 0.0172. The van der Waals surface area contributed by atoms with Crippen molar-refractivity contribution in [2.75, 3.05) is 6.61 Å². The predicted molar refractivity (Wildman–Crippen MR) is 141 cm³/mol. The molecule has 40 heavy (non-hydrogen) atoms. The highest BCUT2D eigenvalue weighted by atomic mass is 19.1. The minimum absolute atomic E-state index is 0.133. The lowest BCUT2D eigenvalue weighted by atomic mass is 10.00. The van der Waals surface area contributed by atoms with Gasteiger partial charge in [-0.2, -0.15) is 0 Å². The van der Waals surface area contributed by atoms with E-state index in [1.165, 1.54) is 25.5 Å². The first-order valence-corrected chi connectivity index (χ1v) is 12.3. The maximum absolute atomic E-state index is 14.2. The van der Waals surface area contributed by atoms with Crippen LogP contribution in [-0.4, -0.2) is 45.7 Å². The van der Waals surface area contributed by atoms with Crippen molar-refractivity contribution in [2.45, 2.75) is 39.3 Å².